The van der Waals surface area contributed by atoms with Crippen molar-refractivity contribution in [2.75, 3.05) is 6.61 Å². The lowest BCUT2D eigenvalue weighted by Gasteiger charge is -2.35. The second kappa shape index (κ2) is 6.19. The Bertz CT molecular complexity index is 501. The van der Waals surface area contributed by atoms with E-state index in [2.05, 4.69) is 0 Å². The Morgan fingerprint density at radius 3 is 2.48 bits per heavy atom. The van der Waals surface area contributed by atoms with Gasteiger partial charge in [-0.25, -0.2) is 0 Å². The fourth-order valence-electron chi connectivity index (χ4n) is 2.29. The Morgan fingerprint density at radius 1 is 1.19 bits per heavy atom. The molecule has 6 nitrogen and oxygen atoms in total. The number of phenolic OH excluding ortho intramolecular Hbond substituents is 1. The number of aliphatic hydroxyl groups is 3. The van der Waals surface area contributed by atoms with Gasteiger partial charge in [0.05, 0.1) is 6.61 Å². The average Bonchev–Trinajstić information content (AvgIpc) is 2.41. The highest BCUT2D eigenvalue weighted by Crippen LogP contribution is 2.33. The minimum absolute atomic E-state index is 0.109. The number of aliphatic hydroxyl groups excluding tert-OH is 3. The Balaban J connectivity index is 2.21. The summed E-state index contributed by atoms with van der Waals surface area (Å²) in [5.41, 5.74) is 1.41. The van der Waals surface area contributed by atoms with Crippen molar-refractivity contribution < 1.29 is 29.9 Å². The van der Waals surface area contributed by atoms with Gasteiger partial charge in [-0.05, 0) is 30.5 Å². The van der Waals surface area contributed by atoms with Crippen LogP contribution in [0.25, 0.3) is 0 Å². The number of ether oxygens (including phenoxy) is 2. The van der Waals surface area contributed by atoms with Crippen molar-refractivity contribution in [3.8, 4) is 11.5 Å². The van der Waals surface area contributed by atoms with Gasteiger partial charge in [0.15, 0.2) is 0 Å². The standard InChI is InChI=1S/C15H22O6/c1-7(2)9-5-12(8(3)4-10(9)16)21-15-14(19)13(18)11(17)6-20-15/h4-5,7,11,13-19H,6H2,1-3H3/t11-,13+,14-,15+/m0/s1. The van der Waals surface area contributed by atoms with E-state index in [0.717, 1.165) is 5.56 Å². The molecule has 0 saturated carbocycles. The molecule has 0 radical (unpaired) electrons. The number of aryl methyl sites for hydroxylation is 1. The van der Waals surface area contributed by atoms with Crippen molar-refractivity contribution in [2.45, 2.75) is 51.3 Å². The molecule has 0 bridgehead atoms. The second-order valence-corrected chi connectivity index (χ2v) is 5.70. The molecule has 118 valence electrons. The lowest BCUT2D eigenvalue weighted by Crippen LogP contribution is -2.54. The van der Waals surface area contributed by atoms with Crippen molar-refractivity contribution in [2.24, 2.45) is 0 Å². The van der Waals surface area contributed by atoms with E-state index >= 15 is 0 Å². The number of hydrogen-bond donors (Lipinski definition) is 4. The van der Waals surface area contributed by atoms with Gasteiger partial charge in [-0.3, -0.25) is 0 Å². The molecule has 1 saturated heterocycles. The molecule has 6 heteroatoms. The summed E-state index contributed by atoms with van der Waals surface area (Å²) < 4.78 is 10.8. The molecule has 1 heterocycles. The number of phenols is 1. The summed E-state index contributed by atoms with van der Waals surface area (Å²) in [5.74, 6) is 0.761. The Labute approximate surface area is 123 Å². The third kappa shape index (κ3) is 3.29. The van der Waals surface area contributed by atoms with Gasteiger partial charge in [-0.1, -0.05) is 13.8 Å². The maximum atomic E-state index is 9.91. The number of hydrogen-bond acceptors (Lipinski definition) is 6. The molecule has 0 aliphatic carbocycles. The normalized spacial score (nSPS) is 29.7. The van der Waals surface area contributed by atoms with Crippen molar-refractivity contribution in [3.05, 3.63) is 23.3 Å². The molecule has 1 fully saturated rings. The minimum atomic E-state index is -1.34. The van der Waals surface area contributed by atoms with E-state index in [1.54, 1.807) is 19.1 Å². The summed E-state index contributed by atoms with van der Waals surface area (Å²) in [6, 6.07) is 3.29. The van der Waals surface area contributed by atoms with Crippen LogP contribution < -0.4 is 4.74 Å². The van der Waals surface area contributed by atoms with E-state index in [0.29, 0.717) is 11.3 Å². The van der Waals surface area contributed by atoms with Gasteiger partial charge >= 0.3 is 0 Å². The van der Waals surface area contributed by atoms with Crippen LogP contribution in [0.2, 0.25) is 0 Å². The molecule has 0 amide bonds. The average molecular weight is 298 g/mol. The molecular weight excluding hydrogens is 276 g/mol. The number of rotatable bonds is 3. The van der Waals surface area contributed by atoms with Crippen LogP contribution >= 0.6 is 0 Å². The zero-order valence-electron chi connectivity index (χ0n) is 12.4. The molecule has 0 aromatic heterocycles. The second-order valence-electron chi connectivity index (χ2n) is 5.70. The smallest absolute Gasteiger partial charge is 0.228 e. The lowest BCUT2D eigenvalue weighted by molar-refractivity contribution is -0.242. The third-order valence-corrected chi connectivity index (χ3v) is 3.64. The van der Waals surface area contributed by atoms with E-state index < -0.39 is 24.6 Å². The van der Waals surface area contributed by atoms with Gasteiger partial charge < -0.3 is 29.9 Å². The molecule has 0 spiro atoms. The van der Waals surface area contributed by atoms with E-state index in [9.17, 15) is 20.4 Å². The predicted octanol–water partition coefficient (Wildman–Crippen LogP) is 0.642. The SMILES string of the molecule is Cc1cc(O)c(C(C)C)cc1O[C@H]1OC[C@H](O)[C@@H](O)[C@@H]1O. The van der Waals surface area contributed by atoms with Crippen LogP contribution in [-0.4, -0.2) is 51.6 Å². The van der Waals surface area contributed by atoms with E-state index in [1.165, 1.54) is 0 Å². The molecule has 4 N–H and O–H groups in total. The molecule has 1 aromatic rings. The van der Waals surface area contributed by atoms with Crippen LogP contribution in [0.15, 0.2) is 12.1 Å². The zero-order chi connectivity index (χ0) is 15.7. The lowest BCUT2D eigenvalue weighted by atomic mass is 10.00. The van der Waals surface area contributed by atoms with Gasteiger partial charge in [-0.15, -0.1) is 0 Å². The van der Waals surface area contributed by atoms with Crippen molar-refractivity contribution in [1.29, 1.82) is 0 Å². The quantitative estimate of drug-likeness (QED) is 0.653. The molecule has 0 unspecified atom stereocenters. The third-order valence-electron chi connectivity index (χ3n) is 3.64. The van der Waals surface area contributed by atoms with Gasteiger partial charge in [0.2, 0.25) is 6.29 Å². The highest BCUT2D eigenvalue weighted by molar-refractivity contribution is 5.46. The minimum Gasteiger partial charge on any atom is -0.508 e. The first kappa shape index (κ1) is 16.0. The molecule has 21 heavy (non-hydrogen) atoms. The van der Waals surface area contributed by atoms with Gasteiger partial charge in [0.1, 0.15) is 29.8 Å². The highest BCUT2D eigenvalue weighted by atomic mass is 16.7. The molecular formula is C15H22O6. The zero-order valence-corrected chi connectivity index (χ0v) is 12.4. The van der Waals surface area contributed by atoms with Crippen molar-refractivity contribution >= 4 is 0 Å². The van der Waals surface area contributed by atoms with Crippen LogP contribution in [0.5, 0.6) is 11.5 Å². The van der Waals surface area contributed by atoms with Gasteiger partial charge in [0, 0.05) is 5.56 Å². The van der Waals surface area contributed by atoms with Crippen LogP contribution in [0.3, 0.4) is 0 Å². The molecule has 1 aromatic carbocycles. The van der Waals surface area contributed by atoms with E-state index in [1.807, 2.05) is 13.8 Å². The Kier molecular flexibility index (Phi) is 4.73. The van der Waals surface area contributed by atoms with Gasteiger partial charge in [0.25, 0.3) is 0 Å². The largest absolute Gasteiger partial charge is 0.508 e. The Morgan fingerprint density at radius 2 is 1.86 bits per heavy atom. The topological polar surface area (TPSA) is 99.4 Å². The number of benzene rings is 1. The molecule has 1 aliphatic heterocycles. The number of aromatic hydroxyl groups is 1. The summed E-state index contributed by atoms with van der Waals surface area (Å²) in [5, 5.41) is 38.9. The first-order valence-corrected chi connectivity index (χ1v) is 6.97. The summed E-state index contributed by atoms with van der Waals surface area (Å²) in [6.45, 7) is 5.54. The fourth-order valence-corrected chi connectivity index (χ4v) is 2.29. The van der Waals surface area contributed by atoms with Crippen molar-refractivity contribution in [1.82, 2.24) is 0 Å². The van der Waals surface area contributed by atoms with Crippen LogP contribution in [0, 0.1) is 6.92 Å². The van der Waals surface area contributed by atoms with E-state index in [-0.39, 0.29) is 18.3 Å². The summed E-state index contributed by atoms with van der Waals surface area (Å²) >= 11 is 0. The predicted molar refractivity (Wildman–Crippen MR) is 75.3 cm³/mol. The first-order valence-electron chi connectivity index (χ1n) is 6.97. The fraction of sp³-hybridized carbons (Fsp3) is 0.600. The monoisotopic (exact) mass is 298 g/mol. The van der Waals surface area contributed by atoms with Crippen molar-refractivity contribution in [3.63, 3.8) is 0 Å². The summed E-state index contributed by atoms with van der Waals surface area (Å²) in [7, 11) is 0. The van der Waals surface area contributed by atoms with Crippen LogP contribution in [-0.2, 0) is 4.74 Å². The maximum absolute atomic E-state index is 9.91. The maximum Gasteiger partial charge on any atom is 0.228 e. The van der Waals surface area contributed by atoms with Crippen LogP contribution in [0.1, 0.15) is 30.9 Å². The van der Waals surface area contributed by atoms with Gasteiger partial charge in [-0.2, -0.15) is 0 Å². The van der Waals surface area contributed by atoms with Crippen LogP contribution in [0.4, 0.5) is 0 Å². The summed E-state index contributed by atoms with van der Waals surface area (Å²) in [4.78, 5) is 0. The van der Waals surface area contributed by atoms with E-state index in [4.69, 9.17) is 9.47 Å². The first-order chi connectivity index (χ1) is 9.81. The summed E-state index contributed by atoms with van der Waals surface area (Å²) in [6.07, 6.45) is -4.85. The molecule has 2 rings (SSSR count). The Hall–Kier alpha value is -1.34. The molecule has 4 atom stereocenters. The highest BCUT2D eigenvalue weighted by Gasteiger charge is 2.39. The molecule has 1 aliphatic rings.